The van der Waals surface area contributed by atoms with Crippen molar-refractivity contribution in [2.45, 2.75) is 65.0 Å². The van der Waals surface area contributed by atoms with Gasteiger partial charge in [-0.3, -0.25) is 4.90 Å². The maximum absolute atomic E-state index is 9.93. The second-order valence-electron chi connectivity index (χ2n) is 6.98. The topological polar surface area (TPSA) is 32.7 Å². The molecule has 0 aromatic heterocycles. The molecule has 1 saturated carbocycles. The van der Waals surface area contributed by atoms with Crippen molar-refractivity contribution in [3.05, 3.63) is 0 Å². The summed E-state index contributed by atoms with van der Waals surface area (Å²) in [7, 11) is 0. The monoisotopic (exact) mass is 269 g/mol. The molecule has 0 bridgehead atoms. The number of morpholine rings is 1. The second-order valence-corrected chi connectivity index (χ2v) is 6.98. The van der Waals surface area contributed by atoms with Crippen LogP contribution in [0.15, 0.2) is 0 Å². The molecule has 1 saturated heterocycles. The first-order chi connectivity index (χ1) is 9.08. The number of aliphatic hydroxyl groups excluding tert-OH is 1. The molecule has 1 aliphatic heterocycles. The largest absolute Gasteiger partial charge is 0.396 e. The van der Waals surface area contributed by atoms with E-state index >= 15 is 0 Å². The number of rotatable bonds is 4. The van der Waals surface area contributed by atoms with Crippen LogP contribution in [0.4, 0.5) is 0 Å². The average molecular weight is 269 g/mol. The van der Waals surface area contributed by atoms with E-state index in [1.54, 1.807) is 0 Å². The Balaban J connectivity index is 1.99. The summed E-state index contributed by atoms with van der Waals surface area (Å²) in [5.41, 5.74) is 0.150. The van der Waals surface area contributed by atoms with E-state index in [1.165, 1.54) is 25.7 Å². The van der Waals surface area contributed by atoms with Crippen molar-refractivity contribution >= 4 is 0 Å². The van der Waals surface area contributed by atoms with Gasteiger partial charge in [0.25, 0.3) is 0 Å². The Morgan fingerprint density at radius 2 is 1.95 bits per heavy atom. The molecule has 3 nitrogen and oxygen atoms in total. The minimum Gasteiger partial charge on any atom is -0.396 e. The van der Waals surface area contributed by atoms with E-state index in [-0.39, 0.29) is 5.41 Å². The van der Waals surface area contributed by atoms with E-state index in [2.05, 4.69) is 25.7 Å². The van der Waals surface area contributed by atoms with Crippen molar-refractivity contribution in [2.24, 2.45) is 11.3 Å². The highest BCUT2D eigenvalue weighted by molar-refractivity contribution is 4.90. The fourth-order valence-corrected chi connectivity index (χ4v) is 3.65. The van der Waals surface area contributed by atoms with Gasteiger partial charge in [0.1, 0.15) is 0 Å². The molecule has 0 radical (unpaired) electrons. The number of aliphatic hydroxyl groups is 1. The number of hydrogen-bond donors (Lipinski definition) is 1. The zero-order chi connectivity index (χ0) is 13.9. The third kappa shape index (κ3) is 3.71. The lowest BCUT2D eigenvalue weighted by Crippen LogP contribution is -2.53. The van der Waals surface area contributed by atoms with E-state index in [0.717, 1.165) is 32.0 Å². The molecule has 0 amide bonds. The van der Waals surface area contributed by atoms with Crippen molar-refractivity contribution in [3.8, 4) is 0 Å². The number of nitrogens with zero attached hydrogens (tertiary/aromatic N) is 1. The lowest BCUT2D eigenvalue weighted by atomic mass is 9.71. The van der Waals surface area contributed by atoms with Gasteiger partial charge in [0, 0.05) is 31.2 Å². The van der Waals surface area contributed by atoms with E-state index in [9.17, 15) is 5.11 Å². The molecule has 2 atom stereocenters. The molecule has 112 valence electrons. The highest BCUT2D eigenvalue weighted by Gasteiger charge is 2.38. The van der Waals surface area contributed by atoms with Gasteiger partial charge in [0.2, 0.25) is 0 Å². The molecular weight excluding hydrogens is 238 g/mol. The van der Waals surface area contributed by atoms with E-state index < -0.39 is 0 Å². The minimum absolute atomic E-state index is 0.150. The predicted molar refractivity (Wildman–Crippen MR) is 78.2 cm³/mol. The summed E-state index contributed by atoms with van der Waals surface area (Å²) in [6.07, 6.45) is 6.40. The van der Waals surface area contributed by atoms with Gasteiger partial charge in [-0.2, -0.15) is 0 Å². The maximum Gasteiger partial charge on any atom is 0.0674 e. The Kier molecular flexibility index (Phi) is 5.27. The molecule has 1 N–H and O–H groups in total. The van der Waals surface area contributed by atoms with Crippen LogP contribution in [-0.4, -0.2) is 48.5 Å². The maximum atomic E-state index is 9.93. The van der Waals surface area contributed by atoms with Crippen molar-refractivity contribution in [3.63, 3.8) is 0 Å². The molecule has 2 fully saturated rings. The van der Waals surface area contributed by atoms with E-state index in [4.69, 9.17) is 4.74 Å². The molecule has 1 heterocycles. The van der Waals surface area contributed by atoms with Crippen molar-refractivity contribution in [1.29, 1.82) is 0 Å². The third-order valence-electron chi connectivity index (χ3n) is 5.26. The first-order valence-corrected chi connectivity index (χ1v) is 8.05. The van der Waals surface area contributed by atoms with Crippen LogP contribution in [0.25, 0.3) is 0 Å². The molecule has 1 aliphatic carbocycles. The van der Waals surface area contributed by atoms with Crippen LogP contribution in [0.1, 0.15) is 52.9 Å². The van der Waals surface area contributed by atoms with E-state index in [1.807, 2.05) is 0 Å². The molecule has 0 aromatic carbocycles. The minimum atomic E-state index is 0.150. The predicted octanol–water partition coefficient (Wildman–Crippen LogP) is 2.67. The van der Waals surface area contributed by atoms with Crippen LogP contribution < -0.4 is 0 Å². The quantitative estimate of drug-likeness (QED) is 0.851. The summed E-state index contributed by atoms with van der Waals surface area (Å²) in [5, 5.41) is 9.93. The van der Waals surface area contributed by atoms with Gasteiger partial charge in [0.05, 0.1) is 12.7 Å². The third-order valence-corrected chi connectivity index (χ3v) is 5.26. The summed E-state index contributed by atoms with van der Waals surface area (Å²) in [6, 6.07) is 0.541. The first kappa shape index (κ1) is 15.3. The average Bonchev–Trinajstić information content (AvgIpc) is 2.42. The lowest BCUT2D eigenvalue weighted by molar-refractivity contribution is -0.0814. The Morgan fingerprint density at radius 3 is 2.53 bits per heavy atom. The van der Waals surface area contributed by atoms with E-state index in [0.29, 0.717) is 18.8 Å². The molecule has 2 aliphatic rings. The number of ether oxygens (including phenoxy) is 1. The summed E-state index contributed by atoms with van der Waals surface area (Å²) < 4.78 is 5.78. The molecule has 3 heteroatoms. The van der Waals surface area contributed by atoms with Gasteiger partial charge < -0.3 is 9.84 Å². The van der Waals surface area contributed by atoms with Crippen LogP contribution in [0.5, 0.6) is 0 Å². The Morgan fingerprint density at radius 1 is 1.26 bits per heavy atom. The summed E-state index contributed by atoms with van der Waals surface area (Å²) in [5.74, 6) is 0.838. The fourth-order valence-electron chi connectivity index (χ4n) is 3.65. The van der Waals surface area contributed by atoms with Crippen LogP contribution in [-0.2, 0) is 4.74 Å². The van der Waals surface area contributed by atoms with Crippen LogP contribution in [0, 0.1) is 11.3 Å². The van der Waals surface area contributed by atoms with Crippen molar-refractivity contribution in [2.75, 3.05) is 26.3 Å². The van der Waals surface area contributed by atoms with Gasteiger partial charge in [-0.15, -0.1) is 0 Å². The molecule has 0 aromatic rings. The Labute approximate surface area is 118 Å². The molecule has 19 heavy (non-hydrogen) atoms. The zero-order valence-electron chi connectivity index (χ0n) is 12.9. The summed E-state index contributed by atoms with van der Waals surface area (Å²) >= 11 is 0. The normalized spacial score (nSPS) is 41.4. The zero-order valence-corrected chi connectivity index (χ0v) is 12.9. The Hall–Kier alpha value is -0.120. The standard InChI is InChI=1S/C16H31NO2/c1-4-15-10-19-14(3)9-17(15)11-16(12-18)7-5-13(2)6-8-16/h13-15,18H,4-12H2,1-3H3. The SMILES string of the molecule is CCC1COC(C)CN1CC1(CO)CCC(C)CC1. The first-order valence-electron chi connectivity index (χ1n) is 8.05. The molecule has 0 spiro atoms. The fraction of sp³-hybridized carbons (Fsp3) is 1.00. The van der Waals surface area contributed by atoms with Gasteiger partial charge >= 0.3 is 0 Å². The van der Waals surface area contributed by atoms with Crippen LogP contribution in [0.3, 0.4) is 0 Å². The van der Waals surface area contributed by atoms with Gasteiger partial charge in [-0.1, -0.05) is 26.7 Å². The molecule has 2 rings (SSSR count). The number of hydrogen-bond acceptors (Lipinski definition) is 3. The van der Waals surface area contributed by atoms with Crippen LogP contribution >= 0.6 is 0 Å². The van der Waals surface area contributed by atoms with Gasteiger partial charge in [-0.05, 0) is 32.1 Å². The van der Waals surface area contributed by atoms with Crippen molar-refractivity contribution < 1.29 is 9.84 Å². The van der Waals surface area contributed by atoms with Crippen molar-refractivity contribution in [1.82, 2.24) is 4.90 Å². The summed E-state index contributed by atoms with van der Waals surface area (Å²) in [6.45, 7) is 10.0. The van der Waals surface area contributed by atoms with Crippen LogP contribution in [0.2, 0.25) is 0 Å². The lowest BCUT2D eigenvalue weighted by Gasteiger charge is -2.46. The smallest absolute Gasteiger partial charge is 0.0674 e. The Bertz CT molecular complexity index is 274. The van der Waals surface area contributed by atoms with Gasteiger partial charge in [-0.25, -0.2) is 0 Å². The summed E-state index contributed by atoms with van der Waals surface area (Å²) in [4.78, 5) is 2.58. The second kappa shape index (κ2) is 6.55. The highest BCUT2D eigenvalue weighted by atomic mass is 16.5. The van der Waals surface area contributed by atoms with Gasteiger partial charge in [0.15, 0.2) is 0 Å². The molecular formula is C16H31NO2. The highest BCUT2D eigenvalue weighted by Crippen LogP contribution is 2.40. The molecule has 2 unspecified atom stereocenters.